The summed E-state index contributed by atoms with van der Waals surface area (Å²) >= 11 is 5.81. The summed E-state index contributed by atoms with van der Waals surface area (Å²) in [5.41, 5.74) is 7.29. The molecule has 1 aliphatic rings. The Morgan fingerprint density at radius 1 is 1.53 bits per heavy atom. The van der Waals surface area contributed by atoms with E-state index in [2.05, 4.69) is 11.9 Å². The van der Waals surface area contributed by atoms with Crippen LogP contribution in [0.5, 0.6) is 0 Å². The van der Waals surface area contributed by atoms with Crippen LogP contribution in [-0.4, -0.2) is 9.55 Å². The Bertz CT molecular complexity index is 589. The predicted octanol–water partition coefficient (Wildman–Crippen LogP) is 3.38. The van der Waals surface area contributed by atoms with Gasteiger partial charge < -0.3 is 10.3 Å². The number of halogens is 2. The van der Waals surface area contributed by atoms with Crippen LogP contribution >= 0.6 is 11.6 Å². The topological polar surface area (TPSA) is 43.8 Å². The van der Waals surface area contributed by atoms with Crippen molar-refractivity contribution in [2.24, 2.45) is 5.92 Å². The lowest BCUT2D eigenvalue weighted by Crippen LogP contribution is -2.10. The summed E-state index contributed by atoms with van der Waals surface area (Å²) < 4.78 is 15.3. The summed E-state index contributed by atoms with van der Waals surface area (Å²) in [7, 11) is 0. The Morgan fingerprint density at radius 2 is 2.24 bits per heavy atom. The van der Waals surface area contributed by atoms with E-state index in [9.17, 15) is 4.39 Å². The molecule has 0 aliphatic heterocycles. The van der Waals surface area contributed by atoms with Gasteiger partial charge in [0.05, 0.1) is 16.1 Å². The lowest BCUT2D eigenvalue weighted by molar-refractivity contribution is 0.504. The van der Waals surface area contributed by atoms with Crippen LogP contribution in [0.15, 0.2) is 12.1 Å². The van der Waals surface area contributed by atoms with Crippen molar-refractivity contribution in [1.29, 1.82) is 0 Å². The van der Waals surface area contributed by atoms with E-state index in [0.29, 0.717) is 23.4 Å². The van der Waals surface area contributed by atoms with E-state index < -0.39 is 5.82 Å². The summed E-state index contributed by atoms with van der Waals surface area (Å²) in [5, 5.41) is 0.113. The number of aromatic nitrogens is 2. The van der Waals surface area contributed by atoms with Crippen molar-refractivity contribution < 1.29 is 4.39 Å². The SMILES string of the molecule is CC(C1CC1)n1c(N)nc2cc(F)c(Cl)cc21. The molecule has 2 aromatic rings. The maximum Gasteiger partial charge on any atom is 0.201 e. The number of hydrogen-bond donors (Lipinski definition) is 1. The van der Waals surface area contributed by atoms with Gasteiger partial charge in [-0.25, -0.2) is 9.37 Å². The van der Waals surface area contributed by atoms with Gasteiger partial charge in [0, 0.05) is 12.1 Å². The number of fused-ring (bicyclic) bond motifs is 1. The average Bonchev–Trinajstić information content (AvgIpc) is 3.04. The van der Waals surface area contributed by atoms with E-state index in [-0.39, 0.29) is 5.02 Å². The number of imidazole rings is 1. The van der Waals surface area contributed by atoms with Crippen LogP contribution < -0.4 is 5.73 Å². The van der Waals surface area contributed by atoms with Crippen molar-refractivity contribution in [2.75, 3.05) is 5.73 Å². The molecule has 5 heteroatoms. The van der Waals surface area contributed by atoms with E-state index in [1.54, 1.807) is 6.07 Å². The van der Waals surface area contributed by atoms with Crippen molar-refractivity contribution in [1.82, 2.24) is 9.55 Å². The number of benzene rings is 1. The van der Waals surface area contributed by atoms with Gasteiger partial charge in [0.2, 0.25) is 5.95 Å². The van der Waals surface area contributed by atoms with Crippen LogP contribution in [0.2, 0.25) is 5.02 Å². The lowest BCUT2D eigenvalue weighted by Gasteiger charge is -2.15. The van der Waals surface area contributed by atoms with Crippen LogP contribution in [0.1, 0.15) is 25.8 Å². The van der Waals surface area contributed by atoms with Crippen LogP contribution in [0.3, 0.4) is 0 Å². The maximum absolute atomic E-state index is 13.3. The van der Waals surface area contributed by atoms with Gasteiger partial charge in [0.25, 0.3) is 0 Å². The molecule has 1 saturated carbocycles. The molecule has 0 amide bonds. The van der Waals surface area contributed by atoms with Crippen LogP contribution in [0.4, 0.5) is 10.3 Å². The number of nitrogens with two attached hydrogens (primary N) is 1. The van der Waals surface area contributed by atoms with Crippen LogP contribution in [0.25, 0.3) is 11.0 Å². The molecule has 2 N–H and O–H groups in total. The zero-order valence-electron chi connectivity index (χ0n) is 9.45. The van der Waals surface area contributed by atoms with Gasteiger partial charge in [0.15, 0.2) is 0 Å². The van der Waals surface area contributed by atoms with Crippen molar-refractivity contribution in [3.63, 3.8) is 0 Å². The second-order valence-corrected chi connectivity index (χ2v) is 5.08. The number of nitrogen functional groups attached to an aromatic ring is 1. The summed E-state index contributed by atoms with van der Waals surface area (Å²) in [4.78, 5) is 4.19. The number of nitrogens with zero attached hydrogens (tertiary/aromatic N) is 2. The maximum atomic E-state index is 13.3. The smallest absolute Gasteiger partial charge is 0.201 e. The molecule has 1 unspecified atom stereocenters. The second-order valence-electron chi connectivity index (χ2n) is 4.67. The molecular formula is C12H13ClFN3. The van der Waals surface area contributed by atoms with E-state index in [4.69, 9.17) is 17.3 Å². The minimum atomic E-state index is -0.456. The highest BCUT2D eigenvalue weighted by atomic mass is 35.5. The summed E-state index contributed by atoms with van der Waals surface area (Å²) in [6.45, 7) is 2.12. The third-order valence-corrected chi connectivity index (χ3v) is 3.76. The molecule has 1 aromatic carbocycles. The highest BCUT2D eigenvalue weighted by Crippen LogP contribution is 2.42. The van der Waals surface area contributed by atoms with Crippen molar-refractivity contribution in [3.05, 3.63) is 23.0 Å². The summed E-state index contributed by atoms with van der Waals surface area (Å²) in [6, 6.07) is 3.24. The molecule has 0 spiro atoms. The molecule has 90 valence electrons. The van der Waals surface area contributed by atoms with Gasteiger partial charge in [0.1, 0.15) is 5.82 Å². The second kappa shape index (κ2) is 3.60. The average molecular weight is 254 g/mol. The third-order valence-electron chi connectivity index (χ3n) is 3.47. The Balaban J connectivity index is 2.22. The molecule has 1 heterocycles. The zero-order chi connectivity index (χ0) is 12.2. The summed E-state index contributed by atoms with van der Waals surface area (Å²) in [5.74, 6) is 0.627. The number of anilines is 1. The third kappa shape index (κ3) is 1.67. The molecule has 3 nitrogen and oxygen atoms in total. The normalized spacial score (nSPS) is 17.6. The monoisotopic (exact) mass is 253 g/mol. The zero-order valence-corrected chi connectivity index (χ0v) is 10.2. The van der Waals surface area contributed by atoms with Gasteiger partial charge in [-0.05, 0) is 31.7 Å². The van der Waals surface area contributed by atoms with Crippen molar-refractivity contribution in [3.8, 4) is 0 Å². The fourth-order valence-corrected chi connectivity index (χ4v) is 2.48. The molecule has 17 heavy (non-hydrogen) atoms. The molecule has 0 bridgehead atoms. The quantitative estimate of drug-likeness (QED) is 0.892. The first-order valence-electron chi connectivity index (χ1n) is 5.70. The summed E-state index contributed by atoms with van der Waals surface area (Å²) in [6.07, 6.45) is 2.43. The van der Waals surface area contributed by atoms with E-state index >= 15 is 0 Å². The minimum absolute atomic E-state index is 0.113. The van der Waals surface area contributed by atoms with E-state index in [0.717, 1.165) is 5.52 Å². The highest BCUT2D eigenvalue weighted by molar-refractivity contribution is 6.31. The lowest BCUT2D eigenvalue weighted by atomic mass is 10.2. The molecule has 1 atom stereocenters. The Morgan fingerprint density at radius 3 is 2.88 bits per heavy atom. The van der Waals surface area contributed by atoms with Gasteiger partial charge in [-0.1, -0.05) is 11.6 Å². The molecule has 0 radical (unpaired) electrons. The van der Waals surface area contributed by atoms with E-state index in [1.165, 1.54) is 18.9 Å². The van der Waals surface area contributed by atoms with Gasteiger partial charge in [-0.2, -0.15) is 0 Å². The first kappa shape index (κ1) is 10.8. The van der Waals surface area contributed by atoms with E-state index in [1.807, 2.05) is 4.57 Å². The fraction of sp³-hybridized carbons (Fsp3) is 0.417. The van der Waals surface area contributed by atoms with Crippen molar-refractivity contribution >= 4 is 28.6 Å². The Hall–Kier alpha value is -1.29. The molecule has 1 aromatic heterocycles. The minimum Gasteiger partial charge on any atom is -0.369 e. The van der Waals surface area contributed by atoms with Crippen molar-refractivity contribution in [2.45, 2.75) is 25.8 Å². The first-order valence-corrected chi connectivity index (χ1v) is 6.08. The van der Waals surface area contributed by atoms with Gasteiger partial charge >= 0.3 is 0 Å². The van der Waals surface area contributed by atoms with Gasteiger partial charge in [-0.3, -0.25) is 0 Å². The molecule has 1 aliphatic carbocycles. The van der Waals surface area contributed by atoms with Gasteiger partial charge in [-0.15, -0.1) is 0 Å². The predicted molar refractivity (Wildman–Crippen MR) is 66.5 cm³/mol. The Labute approximate surface area is 103 Å². The molecule has 0 saturated heterocycles. The number of rotatable bonds is 2. The molecule has 3 rings (SSSR count). The molecule has 1 fully saturated rings. The number of hydrogen-bond acceptors (Lipinski definition) is 2. The molecular weight excluding hydrogens is 241 g/mol. The Kier molecular flexibility index (Phi) is 2.30. The van der Waals surface area contributed by atoms with Crippen LogP contribution in [-0.2, 0) is 0 Å². The fourth-order valence-electron chi connectivity index (χ4n) is 2.33. The highest BCUT2D eigenvalue weighted by Gasteiger charge is 2.31. The standard InChI is InChI=1S/C12H13ClFN3/c1-6(7-2-3-7)17-11-4-8(13)9(14)5-10(11)16-12(17)15/h4-7H,2-3H2,1H3,(H2,15,16). The first-order chi connectivity index (χ1) is 8.08. The van der Waals surface area contributed by atoms with Crippen LogP contribution in [0, 0.1) is 11.7 Å². The largest absolute Gasteiger partial charge is 0.369 e.